The molecule has 0 saturated carbocycles. The molecule has 0 amide bonds. The van der Waals surface area contributed by atoms with E-state index >= 15 is 0 Å². The van der Waals surface area contributed by atoms with Gasteiger partial charge in [-0.05, 0) is 24.3 Å². The molecule has 31 heavy (non-hydrogen) atoms. The largest absolute Gasteiger partial charge is 0.456 e. The van der Waals surface area contributed by atoms with Gasteiger partial charge in [0.1, 0.15) is 34.2 Å². The van der Waals surface area contributed by atoms with Crippen LogP contribution in [-0.4, -0.2) is 17.5 Å². The molecule has 2 aromatic rings. The van der Waals surface area contributed by atoms with Crippen molar-refractivity contribution in [3.63, 3.8) is 0 Å². The average Bonchev–Trinajstić information content (AvgIpc) is 2.70. The van der Waals surface area contributed by atoms with Crippen molar-refractivity contribution < 1.29 is 32.4 Å². The maximum Gasteiger partial charge on any atom is 0.416 e. The smallest absolute Gasteiger partial charge is 0.416 e. The quantitative estimate of drug-likeness (QED) is 0.264. The van der Waals surface area contributed by atoms with Gasteiger partial charge in [-0.1, -0.05) is 34.8 Å². The Morgan fingerprint density at radius 2 is 1.84 bits per heavy atom. The summed E-state index contributed by atoms with van der Waals surface area (Å²) in [6.07, 6.45) is -4.67. The lowest BCUT2D eigenvalue weighted by Crippen LogP contribution is -2.10. The van der Waals surface area contributed by atoms with Gasteiger partial charge >= 0.3 is 12.1 Å². The monoisotopic (exact) mass is 494 g/mol. The molecule has 0 aromatic heterocycles. The Labute approximate surface area is 187 Å². The van der Waals surface area contributed by atoms with Gasteiger partial charge in [-0.25, -0.2) is 4.79 Å². The molecule has 0 atom stereocenters. The molecule has 0 aliphatic rings. The van der Waals surface area contributed by atoms with Crippen molar-refractivity contribution in [2.24, 2.45) is 0 Å². The van der Waals surface area contributed by atoms with E-state index in [2.05, 4.69) is 0 Å². The summed E-state index contributed by atoms with van der Waals surface area (Å²) in [5, 5.41) is 20.1. The fourth-order valence-electron chi connectivity index (χ4n) is 2.17. The molecule has 0 aliphatic heterocycles. The van der Waals surface area contributed by atoms with Crippen LogP contribution in [0.15, 0.2) is 45.9 Å². The number of carbonyl (C=O) groups excluding carboxylic acids is 1. The number of benzene rings is 2. The van der Waals surface area contributed by atoms with Crippen LogP contribution in [0.1, 0.15) is 21.5 Å². The first-order valence-corrected chi connectivity index (χ1v) is 9.01. The standard InChI is InChI=1S/C18H8Cl3F3N2O5/c19-13(16(20)21)8-30-17(27)12-6-11(2-3-14(12)26(28)29)31-15-4-1-10(18(22,23)24)5-9(15)7-25/h1-6H,8H2. The van der Waals surface area contributed by atoms with Crippen molar-refractivity contribution >= 4 is 46.5 Å². The minimum absolute atomic E-state index is 0.175. The highest BCUT2D eigenvalue weighted by Crippen LogP contribution is 2.35. The van der Waals surface area contributed by atoms with Gasteiger partial charge < -0.3 is 9.47 Å². The molecule has 2 rings (SSSR count). The van der Waals surface area contributed by atoms with Crippen LogP contribution < -0.4 is 4.74 Å². The summed E-state index contributed by atoms with van der Waals surface area (Å²) in [6, 6.07) is 6.71. The van der Waals surface area contributed by atoms with Crippen molar-refractivity contribution in [1.29, 1.82) is 5.26 Å². The van der Waals surface area contributed by atoms with Crippen LogP contribution in [0.3, 0.4) is 0 Å². The second kappa shape index (κ2) is 9.87. The van der Waals surface area contributed by atoms with Crippen molar-refractivity contribution in [2.45, 2.75) is 6.18 Å². The zero-order valence-corrected chi connectivity index (χ0v) is 17.1. The van der Waals surface area contributed by atoms with Crippen molar-refractivity contribution in [1.82, 2.24) is 0 Å². The highest BCUT2D eigenvalue weighted by atomic mass is 35.5. The van der Waals surface area contributed by atoms with Crippen LogP contribution >= 0.6 is 34.8 Å². The molecule has 0 radical (unpaired) electrons. The first-order valence-electron chi connectivity index (χ1n) is 7.88. The Morgan fingerprint density at radius 1 is 1.16 bits per heavy atom. The highest BCUT2D eigenvalue weighted by Gasteiger charge is 2.31. The topological polar surface area (TPSA) is 102 Å². The van der Waals surface area contributed by atoms with E-state index in [1.165, 1.54) is 0 Å². The van der Waals surface area contributed by atoms with Gasteiger partial charge in [0.15, 0.2) is 0 Å². The minimum atomic E-state index is -4.67. The Hall–Kier alpha value is -3.00. The predicted molar refractivity (Wildman–Crippen MR) is 104 cm³/mol. The fourth-order valence-corrected chi connectivity index (χ4v) is 2.34. The number of hydrogen-bond acceptors (Lipinski definition) is 6. The van der Waals surface area contributed by atoms with Crippen molar-refractivity contribution in [3.05, 3.63) is 72.7 Å². The van der Waals surface area contributed by atoms with E-state index in [0.717, 1.165) is 24.3 Å². The SMILES string of the molecule is N#Cc1cc(C(F)(F)F)ccc1Oc1ccc([N+](=O)[O-])c(C(=O)OCC(Cl)=C(Cl)Cl)c1. The summed E-state index contributed by atoms with van der Waals surface area (Å²) in [6.45, 7) is -0.567. The number of hydrogen-bond donors (Lipinski definition) is 0. The first kappa shape index (κ1) is 24.3. The Balaban J connectivity index is 2.38. The lowest BCUT2D eigenvalue weighted by atomic mass is 10.1. The molecule has 0 bridgehead atoms. The van der Waals surface area contributed by atoms with E-state index in [-0.39, 0.29) is 21.0 Å². The number of halogens is 6. The second-order valence-corrected chi connectivity index (χ2v) is 7.01. The van der Waals surface area contributed by atoms with Crippen LogP contribution in [0, 0.1) is 21.4 Å². The van der Waals surface area contributed by atoms with Crippen molar-refractivity contribution in [2.75, 3.05) is 6.61 Å². The maximum atomic E-state index is 12.8. The molecule has 0 saturated heterocycles. The molecule has 162 valence electrons. The Bertz CT molecular complexity index is 1110. The van der Waals surface area contributed by atoms with Gasteiger partial charge in [-0.3, -0.25) is 10.1 Å². The average molecular weight is 496 g/mol. The summed E-state index contributed by atoms with van der Waals surface area (Å²) in [5.74, 6) is -1.60. The summed E-state index contributed by atoms with van der Waals surface area (Å²) in [4.78, 5) is 22.6. The third-order valence-electron chi connectivity index (χ3n) is 3.57. The Kier molecular flexibility index (Phi) is 7.73. The van der Waals surface area contributed by atoms with E-state index in [1.807, 2.05) is 0 Å². The first-order chi connectivity index (χ1) is 14.4. The molecule has 2 aromatic carbocycles. The van der Waals surface area contributed by atoms with Crippen LogP contribution in [0.2, 0.25) is 0 Å². The lowest BCUT2D eigenvalue weighted by Gasteiger charge is -2.12. The molecule has 0 spiro atoms. The number of alkyl halides is 3. The van der Waals surface area contributed by atoms with E-state index < -0.39 is 46.1 Å². The van der Waals surface area contributed by atoms with Gasteiger partial charge in [0.2, 0.25) is 0 Å². The zero-order valence-electron chi connectivity index (χ0n) is 14.9. The number of nitrogens with zero attached hydrogens (tertiary/aromatic N) is 2. The third-order valence-corrected chi connectivity index (χ3v) is 4.52. The van der Waals surface area contributed by atoms with Gasteiger partial charge in [0, 0.05) is 12.1 Å². The summed E-state index contributed by atoms with van der Waals surface area (Å²) >= 11 is 16.5. The van der Waals surface area contributed by atoms with Gasteiger partial charge in [0.05, 0.1) is 21.1 Å². The predicted octanol–water partition coefficient (Wildman–Crippen LogP) is 6.32. The number of nitro groups is 1. The van der Waals surface area contributed by atoms with Gasteiger partial charge in [-0.2, -0.15) is 18.4 Å². The number of esters is 1. The van der Waals surface area contributed by atoms with Crippen molar-refractivity contribution in [3.8, 4) is 17.6 Å². The molecule has 0 heterocycles. The number of carbonyl (C=O) groups is 1. The molecule has 13 heteroatoms. The van der Waals surface area contributed by atoms with E-state index in [1.54, 1.807) is 6.07 Å². The van der Waals surface area contributed by atoms with Crippen LogP contribution in [0.5, 0.6) is 11.5 Å². The van der Waals surface area contributed by atoms with Crippen LogP contribution in [0.4, 0.5) is 18.9 Å². The Morgan fingerprint density at radius 3 is 2.39 bits per heavy atom. The van der Waals surface area contributed by atoms with Gasteiger partial charge in [0.25, 0.3) is 5.69 Å². The fraction of sp³-hybridized carbons (Fsp3) is 0.111. The van der Waals surface area contributed by atoms with E-state index in [0.29, 0.717) is 12.1 Å². The minimum Gasteiger partial charge on any atom is -0.456 e. The van der Waals surface area contributed by atoms with E-state index in [4.69, 9.17) is 49.5 Å². The third kappa shape index (κ3) is 6.24. The number of nitriles is 1. The number of rotatable bonds is 6. The second-order valence-electron chi connectivity index (χ2n) is 5.60. The van der Waals surface area contributed by atoms with Crippen LogP contribution in [-0.2, 0) is 10.9 Å². The summed E-state index contributed by atoms with van der Waals surface area (Å²) in [7, 11) is 0. The molecular weight excluding hydrogens is 488 g/mol. The number of nitro benzene ring substituents is 1. The molecule has 7 nitrogen and oxygen atoms in total. The highest BCUT2D eigenvalue weighted by molar-refractivity contribution is 6.59. The molecule has 0 unspecified atom stereocenters. The summed E-state index contributed by atoms with van der Waals surface area (Å²) in [5.41, 5.74) is -2.68. The summed E-state index contributed by atoms with van der Waals surface area (Å²) < 4.78 is 48.2. The number of ether oxygens (including phenoxy) is 2. The molecule has 0 aliphatic carbocycles. The normalized spacial score (nSPS) is 10.7. The molecule has 0 fully saturated rings. The molecular formula is C18H8Cl3F3N2O5. The van der Waals surface area contributed by atoms with Gasteiger partial charge in [-0.15, -0.1) is 0 Å². The molecule has 0 N–H and O–H groups in total. The lowest BCUT2D eigenvalue weighted by molar-refractivity contribution is -0.385. The zero-order chi connectivity index (χ0) is 23.3. The van der Waals surface area contributed by atoms with E-state index in [9.17, 15) is 28.1 Å². The maximum absolute atomic E-state index is 12.8. The van der Waals surface area contributed by atoms with Crippen LogP contribution in [0.25, 0.3) is 0 Å².